The van der Waals surface area contributed by atoms with Crippen LogP contribution in [-0.2, 0) is 16.0 Å². The number of hydrogen-bond donors (Lipinski definition) is 1. The summed E-state index contributed by atoms with van der Waals surface area (Å²) in [5, 5.41) is 28.6. The highest BCUT2D eigenvalue weighted by Gasteiger charge is 2.31. The average molecular weight is 740 g/mol. The first-order valence-electron chi connectivity index (χ1n) is 17.8. The van der Waals surface area contributed by atoms with E-state index in [0.29, 0.717) is 41.2 Å². The van der Waals surface area contributed by atoms with E-state index >= 15 is 0 Å². The molecule has 0 amide bonds. The van der Waals surface area contributed by atoms with Gasteiger partial charge in [0.2, 0.25) is 5.95 Å². The number of benzene rings is 1. The van der Waals surface area contributed by atoms with Crippen molar-refractivity contribution in [2.45, 2.75) is 88.8 Å². The number of tetrazole rings is 1. The van der Waals surface area contributed by atoms with E-state index in [1.54, 1.807) is 35.3 Å². The monoisotopic (exact) mass is 739 g/mol. The molecule has 53 heavy (non-hydrogen) atoms. The molecule has 0 unspecified atom stereocenters. The highest BCUT2D eigenvalue weighted by Crippen LogP contribution is 2.35. The van der Waals surface area contributed by atoms with Crippen LogP contribution in [0, 0.1) is 11.3 Å². The largest absolute Gasteiger partial charge is 0.487 e. The van der Waals surface area contributed by atoms with Crippen LogP contribution >= 0.6 is 0 Å². The Labute approximate surface area is 305 Å². The summed E-state index contributed by atoms with van der Waals surface area (Å²) in [6, 6.07) is 8.39. The molecule has 0 bridgehead atoms. The third-order valence-electron chi connectivity index (χ3n) is 9.51. The number of alkyl halides is 3. The highest BCUT2D eigenvalue weighted by molar-refractivity contribution is 5.67. The molecule has 4 heterocycles. The van der Waals surface area contributed by atoms with E-state index in [1.807, 2.05) is 17.8 Å². The molecule has 4 aromatic rings. The van der Waals surface area contributed by atoms with Crippen molar-refractivity contribution in [2.75, 3.05) is 45.4 Å². The number of ether oxygens (including phenoxy) is 4. The van der Waals surface area contributed by atoms with Crippen molar-refractivity contribution < 1.29 is 32.1 Å². The molecule has 15 nitrogen and oxygen atoms in total. The number of halogens is 3. The Bertz CT molecular complexity index is 1770. The molecule has 1 aliphatic carbocycles. The van der Waals surface area contributed by atoms with Gasteiger partial charge >= 0.3 is 6.18 Å². The standard InChI is InChI=1S/C35H44F3N11O4/c1-24(19-48-23-42-45-46-48)53-32-15-25(6-7-26(32)16-39)27-17-40-34(41-18-27)43-31-20-49(44-33(31)52-14-13-51-22-35(36,37)38)29-10-8-28(9-11-29)47(2)30-5-3-4-12-50-21-30/h6-7,15,17-18,20,23-24,28-30H,3-5,8-14,19,21-22H2,1-2H3,(H,40,41,43)/t24-,28-,29-,30+/m0/s1. The number of likely N-dealkylation sites (N-methyl/N-ethyl adjacent to an activating group) is 1. The predicted molar refractivity (Wildman–Crippen MR) is 185 cm³/mol. The summed E-state index contributed by atoms with van der Waals surface area (Å²) in [6.45, 7) is 2.11. The second kappa shape index (κ2) is 17.8. The van der Waals surface area contributed by atoms with Crippen molar-refractivity contribution in [3.63, 3.8) is 0 Å². The molecule has 1 saturated carbocycles. The normalized spacial score (nSPS) is 20.1. The highest BCUT2D eigenvalue weighted by atomic mass is 19.4. The second-order valence-corrected chi connectivity index (χ2v) is 13.4. The van der Waals surface area contributed by atoms with Gasteiger partial charge in [-0.1, -0.05) is 6.07 Å². The smallest absolute Gasteiger partial charge is 0.411 e. The Morgan fingerprint density at radius 3 is 2.62 bits per heavy atom. The number of anilines is 2. The Balaban J connectivity index is 1.12. The van der Waals surface area contributed by atoms with Crippen LogP contribution in [0.2, 0.25) is 0 Å². The maximum Gasteiger partial charge on any atom is 0.411 e. The number of aromatic nitrogens is 8. The first-order valence-corrected chi connectivity index (χ1v) is 17.8. The van der Waals surface area contributed by atoms with Gasteiger partial charge in [-0.05, 0) is 87.0 Å². The number of hydrogen-bond acceptors (Lipinski definition) is 13. The van der Waals surface area contributed by atoms with Gasteiger partial charge in [0.25, 0.3) is 5.88 Å². The number of nitriles is 1. The molecule has 284 valence electrons. The first kappa shape index (κ1) is 37.9. The van der Waals surface area contributed by atoms with E-state index in [9.17, 15) is 18.4 Å². The molecule has 1 aliphatic heterocycles. The Kier molecular flexibility index (Phi) is 12.7. The SMILES string of the molecule is C[C@@H](Cn1cnnn1)Oc1cc(-c2cnc(Nc3cn([C@H]4CC[C@H](N(C)[C@@H]5CCCCOC5)CC4)nc3OCCOCC(F)(F)F)nc2)ccc1C#N. The molecular weight excluding hydrogens is 695 g/mol. The van der Waals surface area contributed by atoms with Crippen LogP contribution in [0.5, 0.6) is 11.6 Å². The summed E-state index contributed by atoms with van der Waals surface area (Å²) in [5.41, 5.74) is 2.28. The summed E-state index contributed by atoms with van der Waals surface area (Å²) < 4.78 is 63.6. The summed E-state index contributed by atoms with van der Waals surface area (Å²) in [5.74, 6) is 0.885. The minimum Gasteiger partial charge on any atom is -0.487 e. The van der Waals surface area contributed by atoms with E-state index in [-0.39, 0.29) is 37.2 Å². The van der Waals surface area contributed by atoms with Gasteiger partial charge in [0.15, 0.2) is 0 Å². The quantitative estimate of drug-likeness (QED) is 0.155. The van der Waals surface area contributed by atoms with Gasteiger partial charge in [-0.3, -0.25) is 9.58 Å². The van der Waals surface area contributed by atoms with Gasteiger partial charge < -0.3 is 24.3 Å². The average Bonchev–Trinajstić information content (AvgIpc) is 3.72. The Morgan fingerprint density at radius 2 is 1.89 bits per heavy atom. The maximum atomic E-state index is 12.6. The zero-order chi connectivity index (χ0) is 37.2. The summed E-state index contributed by atoms with van der Waals surface area (Å²) in [6.07, 6.45) is 9.12. The van der Waals surface area contributed by atoms with E-state index in [0.717, 1.165) is 57.3 Å². The van der Waals surface area contributed by atoms with Crippen molar-refractivity contribution >= 4 is 11.6 Å². The number of nitrogens with zero attached hydrogens (tertiary/aromatic N) is 10. The minimum absolute atomic E-state index is 0.121. The lowest BCUT2D eigenvalue weighted by Gasteiger charge is -2.38. The fraction of sp³-hybridized carbons (Fsp3) is 0.571. The van der Waals surface area contributed by atoms with E-state index in [4.69, 9.17) is 24.0 Å². The van der Waals surface area contributed by atoms with Crippen molar-refractivity contribution in [1.29, 1.82) is 5.26 Å². The second-order valence-electron chi connectivity index (χ2n) is 13.4. The lowest BCUT2D eigenvalue weighted by atomic mass is 9.89. The third-order valence-corrected chi connectivity index (χ3v) is 9.51. The van der Waals surface area contributed by atoms with Gasteiger partial charge in [0.1, 0.15) is 43.2 Å². The van der Waals surface area contributed by atoms with Crippen LogP contribution in [0.1, 0.15) is 63.5 Å². The van der Waals surface area contributed by atoms with Crippen molar-refractivity contribution in [3.05, 3.63) is 48.7 Å². The zero-order valence-electron chi connectivity index (χ0n) is 29.8. The lowest BCUT2D eigenvalue weighted by molar-refractivity contribution is -0.175. The molecule has 3 aromatic heterocycles. The minimum atomic E-state index is -4.42. The van der Waals surface area contributed by atoms with E-state index in [1.165, 1.54) is 12.7 Å². The lowest BCUT2D eigenvalue weighted by Crippen LogP contribution is -2.44. The van der Waals surface area contributed by atoms with Gasteiger partial charge in [0, 0.05) is 36.6 Å². The van der Waals surface area contributed by atoms with Crippen LogP contribution in [0.15, 0.2) is 43.1 Å². The molecule has 0 radical (unpaired) electrons. The molecule has 0 spiro atoms. The van der Waals surface area contributed by atoms with Crippen LogP contribution in [0.3, 0.4) is 0 Å². The van der Waals surface area contributed by atoms with Crippen LogP contribution in [0.25, 0.3) is 11.1 Å². The fourth-order valence-electron chi connectivity index (χ4n) is 6.71. The molecule has 1 aromatic carbocycles. The number of rotatable bonds is 15. The van der Waals surface area contributed by atoms with Gasteiger partial charge in [-0.25, -0.2) is 14.6 Å². The Morgan fingerprint density at radius 1 is 1.08 bits per heavy atom. The van der Waals surface area contributed by atoms with Crippen molar-refractivity contribution in [3.8, 4) is 28.8 Å². The summed E-state index contributed by atoms with van der Waals surface area (Å²) in [4.78, 5) is 11.5. The summed E-state index contributed by atoms with van der Waals surface area (Å²) >= 11 is 0. The number of nitrogens with one attached hydrogen (secondary N) is 1. The van der Waals surface area contributed by atoms with Crippen LogP contribution in [0.4, 0.5) is 24.8 Å². The molecule has 2 aliphatic rings. The molecule has 1 N–H and O–H groups in total. The van der Waals surface area contributed by atoms with E-state index in [2.05, 4.69) is 48.8 Å². The Hall–Kier alpha value is -4.86. The third kappa shape index (κ3) is 10.6. The topological polar surface area (TPSA) is 163 Å². The zero-order valence-corrected chi connectivity index (χ0v) is 29.8. The van der Waals surface area contributed by atoms with Crippen LogP contribution < -0.4 is 14.8 Å². The summed E-state index contributed by atoms with van der Waals surface area (Å²) in [7, 11) is 2.20. The molecule has 2 atom stereocenters. The fourth-order valence-corrected chi connectivity index (χ4v) is 6.71. The molecule has 18 heteroatoms. The predicted octanol–water partition coefficient (Wildman–Crippen LogP) is 5.35. The van der Waals surface area contributed by atoms with Crippen LogP contribution in [-0.4, -0.2) is 109 Å². The van der Waals surface area contributed by atoms with Gasteiger partial charge in [-0.15, -0.1) is 10.2 Å². The van der Waals surface area contributed by atoms with E-state index < -0.39 is 12.8 Å². The molecular formula is C35H44F3N11O4. The molecule has 1 saturated heterocycles. The van der Waals surface area contributed by atoms with Gasteiger partial charge in [-0.2, -0.15) is 18.4 Å². The first-order chi connectivity index (χ1) is 25.6. The van der Waals surface area contributed by atoms with Crippen molar-refractivity contribution in [1.82, 2.24) is 44.9 Å². The molecule has 6 rings (SSSR count). The van der Waals surface area contributed by atoms with Gasteiger partial charge in [0.05, 0.1) is 37.6 Å². The molecule has 2 fully saturated rings. The maximum absolute atomic E-state index is 12.6. The van der Waals surface area contributed by atoms with Crippen molar-refractivity contribution in [2.24, 2.45) is 0 Å².